The lowest BCUT2D eigenvalue weighted by atomic mass is 9.83. The first kappa shape index (κ1) is 11.9. The molecule has 0 atom stereocenters. The van der Waals surface area contributed by atoms with Crippen molar-refractivity contribution < 1.29 is 0 Å². The SMILES string of the molecule is Cc1nc(N2CCC(C)(C)CC2)sc1CN. The quantitative estimate of drug-likeness (QED) is 0.862. The lowest BCUT2D eigenvalue weighted by molar-refractivity contribution is 0.279. The van der Waals surface area contributed by atoms with Crippen LogP contribution in [0.2, 0.25) is 0 Å². The lowest BCUT2D eigenvalue weighted by Crippen LogP contribution is -2.37. The van der Waals surface area contributed by atoms with E-state index in [9.17, 15) is 0 Å². The zero-order valence-electron chi connectivity index (χ0n) is 10.4. The molecule has 2 rings (SSSR count). The molecule has 0 amide bonds. The molecule has 2 heterocycles. The highest BCUT2D eigenvalue weighted by atomic mass is 32.1. The first-order valence-electron chi connectivity index (χ1n) is 5.93. The Morgan fingerprint density at radius 3 is 2.50 bits per heavy atom. The van der Waals surface area contributed by atoms with Gasteiger partial charge in [-0.3, -0.25) is 0 Å². The number of thiazole rings is 1. The molecule has 1 aliphatic heterocycles. The molecular formula is C12H21N3S. The Kier molecular flexibility index (Phi) is 3.22. The molecule has 3 nitrogen and oxygen atoms in total. The van der Waals surface area contributed by atoms with Gasteiger partial charge in [-0.2, -0.15) is 0 Å². The van der Waals surface area contributed by atoms with Crippen molar-refractivity contribution in [3.8, 4) is 0 Å². The van der Waals surface area contributed by atoms with Crippen molar-refractivity contribution >= 4 is 16.5 Å². The summed E-state index contributed by atoms with van der Waals surface area (Å²) in [6, 6.07) is 0. The highest BCUT2D eigenvalue weighted by Gasteiger charge is 2.26. The molecule has 1 aliphatic rings. The largest absolute Gasteiger partial charge is 0.348 e. The zero-order chi connectivity index (χ0) is 11.8. The minimum absolute atomic E-state index is 0.500. The third-order valence-corrected chi connectivity index (χ3v) is 4.69. The van der Waals surface area contributed by atoms with Gasteiger partial charge < -0.3 is 10.6 Å². The monoisotopic (exact) mass is 239 g/mol. The van der Waals surface area contributed by atoms with E-state index in [-0.39, 0.29) is 0 Å². The van der Waals surface area contributed by atoms with E-state index in [1.807, 2.05) is 0 Å². The van der Waals surface area contributed by atoms with Crippen LogP contribution in [0.4, 0.5) is 5.13 Å². The molecule has 0 unspecified atom stereocenters. The van der Waals surface area contributed by atoms with E-state index in [1.54, 1.807) is 11.3 Å². The van der Waals surface area contributed by atoms with Gasteiger partial charge in [-0.05, 0) is 25.2 Å². The van der Waals surface area contributed by atoms with Crippen LogP contribution in [0.3, 0.4) is 0 Å². The molecule has 0 bridgehead atoms. The van der Waals surface area contributed by atoms with Crippen molar-refractivity contribution in [1.29, 1.82) is 0 Å². The number of hydrogen-bond donors (Lipinski definition) is 1. The summed E-state index contributed by atoms with van der Waals surface area (Å²) in [6.45, 7) is 9.62. The third kappa shape index (κ3) is 2.38. The molecule has 0 saturated carbocycles. The summed E-state index contributed by atoms with van der Waals surface area (Å²) < 4.78 is 0. The van der Waals surface area contributed by atoms with E-state index in [0.717, 1.165) is 23.9 Å². The fourth-order valence-electron chi connectivity index (χ4n) is 2.04. The number of piperidine rings is 1. The second kappa shape index (κ2) is 4.34. The average molecular weight is 239 g/mol. The van der Waals surface area contributed by atoms with Gasteiger partial charge in [0.25, 0.3) is 0 Å². The van der Waals surface area contributed by atoms with Gasteiger partial charge in [0, 0.05) is 24.5 Å². The number of nitrogens with two attached hydrogens (primary N) is 1. The molecule has 16 heavy (non-hydrogen) atoms. The normalized spacial score (nSPS) is 20.1. The Balaban J connectivity index is 2.08. The van der Waals surface area contributed by atoms with Gasteiger partial charge in [0.2, 0.25) is 0 Å². The van der Waals surface area contributed by atoms with Crippen LogP contribution in [0.15, 0.2) is 0 Å². The Morgan fingerprint density at radius 2 is 2.00 bits per heavy atom. The van der Waals surface area contributed by atoms with Crippen LogP contribution < -0.4 is 10.6 Å². The number of hydrogen-bond acceptors (Lipinski definition) is 4. The molecular weight excluding hydrogens is 218 g/mol. The van der Waals surface area contributed by atoms with E-state index in [2.05, 4.69) is 30.7 Å². The summed E-state index contributed by atoms with van der Waals surface area (Å²) in [5, 5.41) is 1.16. The van der Waals surface area contributed by atoms with Gasteiger partial charge in [0.1, 0.15) is 0 Å². The van der Waals surface area contributed by atoms with E-state index >= 15 is 0 Å². The number of rotatable bonds is 2. The minimum Gasteiger partial charge on any atom is -0.348 e. The van der Waals surface area contributed by atoms with Crippen molar-refractivity contribution in [2.75, 3.05) is 18.0 Å². The fraction of sp³-hybridized carbons (Fsp3) is 0.750. The predicted octanol–water partition coefficient (Wildman–Crippen LogP) is 2.54. The van der Waals surface area contributed by atoms with Crippen LogP contribution >= 0.6 is 11.3 Å². The smallest absolute Gasteiger partial charge is 0.185 e. The second-order valence-electron chi connectivity index (χ2n) is 5.36. The standard InChI is InChI=1S/C12H21N3S/c1-9-10(8-13)16-11(14-9)15-6-4-12(2,3)5-7-15/h4-8,13H2,1-3H3. The van der Waals surface area contributed by atoms with Crippen LogP contribution in [0, 0.1) is 12.3 Å². The summed E-state index contributed by atoms with van der Waals surface area (Å²) in [5.41, 5.74) is 7.29. The lowest BCUT2D eigenvalue weighted by Gasteiger charge is -2.36. The zero-order valence-corrected chi connectivity index (χ0v) is 11.2. The van der Waals surface area contributed by atoms with Gasteiger partial charge in [-0.15, -0.1) is 11.3 Å². The molecule has 1 saturated heterocycles. The number of aromatic nitrogens is 1. The van der Waals surface area contributed by atoms with E-state index in [4.69, 9.17) is 5.73 Å². The Morgan fingerprint density at radius 1 is 1.38 bits per heavy atom. The van der Waals surface area contributed by atoms with Crippen LogP contribution in [0.1, 0.15) is 37.3 Å². The van der Waals surface area contributed by atoms with Crippen LogP contribution in [0.5, 0.6) is 0 Å². The molecule has 1 aromatic rings. The summed E-state index contributed by atoms with van der Waals surface area (Å²) in [4.78, 5) is 8.24. The molecule has 1 aromatic heterocycles. The minimum atomic E-state index is 0.500. The van der Waals surface area contributed by atoms with Crippen molar-refractivity contribution in [3.05, 3.63) is 10.6 Å². The highest BCUT2D eigenvalue weighted by Crippen LogP contribution is 2.34. The maximum absolute atomic E-state index is 5.69. The van der Waals surface area contributed by atoms with Crippen molar-refractivity contribution in [2.45, 2.75) is 40.2 Å². The first-order valence-corrected chi connectivity index (χ1v) is 6.75. The van der Waals surface area contributed by atoms with E-state index in [0.29, 0.717) is 12.0 Å². The highest BCUT2D eigenvalue weighted by molar-refractivity contribution is 7.15. The van der Waals surface area contributed by atoms with Crippen molar-refractivity contribution in [2.24, 2.45) is 11.1 Å². The number of anilines is 1. The van der Waals surface area contributed by atoms with Crippen LogP contribution in [-0.2, 0) is 6.54 Å². The molecule has 0 aliphatic carbocycles. The van der Waals surface area contributed by atoms with Crippen LogP contribution in [0.25, 0.3) is 0 Å². The van der Waals surface area contributed by atoms with Crippen LogP contribution in [-0.4, -0.2) is 18.1 Å². The van der Waals surface area contributed by atoms with Gasteiger partial charge >= 0.3 is 0 Å². The molecule has 1 fully saturated rings. The summed E-state index contributed by atoms with van der Waals surface area (Å²) in [6.07, 6.45) is 2.51. The Hall–Kier alpha value is -0.610. The molecule has 90 valence electrons. The van der Waals surface area contributed by atoms with Crippen molar-refractivity contribution in [1.82, 2.24) is 4.98 Å². The molecule has 0 spiro atoms. The number of nitrogens with zero attached hydrogens (tertiary/aromatic N) is 2. The number of aryl methyl sites for hydroxylation is 1. The Bertz CT molecular complexity index is 360. The summed E-state index contributed by atoms with van der Waals surface area (Å²) in [5.74, 6) is 0. The first-order chi connectivity index (χ1) is 7.52. The average Bonchev–Trinajstić information content (AvgIpc) is 2.59. The summed E-state index contributed by atoms with van der Waals surface area (Å²) in [7, 11) is 0. The van der Waals surface area contributed by atoms with Crippen molar-refractivity contribution in [3.63, 3.8) is 0 Å². The van der Waals surface area contributed by atoms with Gasteiger partial charge in [-0.25, -0.2) is 4.98 Å². The van der Waals surface area contributed by atoms with E-state index in [1.165, 1.54) is 17.7 Å². The molecule has 0 aromatic carbocycles. The molecule has 4 heteroatoms. The third-order valence-electron chi connectivity index (χ3n) is 3.45. The molecule has 2 N–H and O–H groups in total. The van der Waals surface area contributed by atoms with Gasteiger partial charge in [-0.1, -0.05) is 13.8 Å². The van der Waals surface area contributed by atoms with Gasteiger partial charge in [0.05, 0.1) is 5.69 Å². The molecule has 0 radical (unpaired) electrons. The predicted molar refractivity (Wildman–Crippen MR) is 70.0 cm³/mol. The Labute approximate surface area is 102 Å². The van der Waals surface area contributed by atoms with Gasteiger partial charge in [0.15, 0.2) is 5.13 Å². The maximum atomic E-state index is 5.69. The topological polar surface area (TPSA) is 42.2 Å². The maximum Gasteiger partial charge on any atom is 0.185 e. The fourth-order valence-corrected chi connectivity index (χ4v) is 3.03. The summed E-state index contributed by atoms with van der Waals surface area (Å²) >= 11 is 1.76. The second-order valence-corrected chi connectivity index (χ2v) is 6.42. The van der Waals surface area contributed by atoms with E-state index < -0.39 is 0 Å².